The summed E-state index contributed by atoms with van der Waals surface area (Å²) in [7, 11) is 1.50. The van der Waals surface area contributed by atoms with E-state index in [9.17, 15) is 5.11 Å². The van der Waals surface area contributed by atoms with Gasteiger partial charge in [0, 0.05) is 11.1 Å². The quantitative estimate of drug-likeness (QED) is 0.514. The zero-order valence-corrected chi connectivity index (χ0v) is 16.5. The van der Waals surface area contributed by atoms with E-state index >= 15 is 0 Å². The first kappa shape index (κ1) is 18.8. The van der Waals surface area contributed by atoms with Crippen LogP contribution in [0.1, 0.15) is 31.9 Å². The SMILES string of the molecule is COc1cccc(C=Nn2c(-c3ccc(C(C)(C)C)cc3)n[nH]c2=S)c1O. The number of hydrogen-bond donors (Lipinski definition) is 2. The summed E-state index contributed by atoms with van der Waals surface area (Å²) >= 11 is 5.30. The average Bonchev–Trinajstić information content (AvgIpc) is 3.01. The van der Waals surface area contributed by atoms with Gasteiger partial charge in [-0.25, -0.2) is 5.10 Å². The van der Waals surface area contributed by atoms with Gasteiger partial charge >= 0.3 is 0 Å². The molecule has 0 atom stereocenters. The number of methoxy groups -OCH3 is 1. The maximum absolute atomic E-state index is 10.2. The summed E-state index contributed by atoms with van der Waals surface area (Å²) < 4.78 is 7.01. The normalized spacial score (nSPS) is 11.9. The van der Waals surface area contributed by atoms with Crippen LogP contribution in [-0.2, 0) is 5.41 Å². The van der Waals surface area contributed by atoms with Crippen LogP contribution < -0.4 is 4.74 Å². The largest absolute Gasteiger partial charge is 0.504 e. The van der Waals surface area contributed by atoms with Gasteiger partial charge in [0.25, 0.3) is 0 Å². The second kappa shape index (κ2) is 7.36. The molecule has 2 N–H and O–H groups in total. The monoisotopic (exact) mass is 382 g/mol. The molecule has 2 aromatic carbocycles. The summed E-state index contributed by atoms with van der Waals surface area (Å²) in [6.45, 7) is 6.51. The van der Waals surface area contributed by atoms with Crippen LogP contribution in [-0.4, -0.2) is 33.3 Å². The molecule has 0 radical (unpaired) electrons. The molecule has 0 bridgehead atoms. The number of phenols is 1. The molecule has 0 aliphatic heterocycles. The van der Waals surface area contributed by atoms with Crippen molar-refractivity contribution >= 4 is 18.4 Å². The molecular formula is C20H22N4O2S. The number of rotatable bonds is 4. The van der Waals surface area contributed by atoms with Gasteiger partial charge in [0.15, 0.2) is 17.3 Å². The topological polar surface area (TPSA) is 75.4 Å². The molecule has 0 aliphatic carbocycles. The van der Waals surface area contributed by atoms with Gasteiger partial charge in [0.05, 0.1) is 13.3 Å². The highest BCUT2D eigenvalue weighted by atomic mass is 32.1. The van der Waals surface area contributed by atoms with E-state index in [1.165, 1.54) is 23.6 Å². The number of aromatic amines is 1. The summed E-state index contributed by atoms with van der Waals surface area (Å²) in [5.41, 5.74) is 2.72. The molecule has 1 aromatic heterocycles. The first-order valence-electron chi connectivity index (χ1n) is 8.50. The van der Waals surface area contributed by atoms with E-state index < -0.39 is 0 Å². The molecule has 6 nitrogen and oxygen atoms in total. The van der Waals surface area contributed by atoms with Crippen LogP contribution in [0.5, 0.6) is 11.5 Å². The van der Waals surface area contributed by atoms with Crippen LogP contribution in [0.3, 0.4) is 0 Å². The Kier molecular flexibility index (Phi) is 5.14. The zero-order valence-electron chi connectivity index (χ0n) is 15.7. The molecule has 0 amide bonds. The molecular weight excluding hydrogens is 360 g/mol. The van der Waals surface area contributed by atoms with E-state index in [4.69, 9.17) is 17.0 Å². The highest BCUT2D eigenvalue weighted by Crippen LogP contribution is 2.28. The van der Waals surface area contributed by atoms with Crippen molar-refractivity contribution in [1.29, 1.82) is 0 Å². The Morgan fingerprint density at radius 3 is 2.52 bits per heavy atom. The molecule has 27 heavy (non-hydrogen) atoms. The number of nitrogens with zero attached hydrogens (tertiary/aromatic N) is 3. The van der Waals surface area contributed by atoms with Crippen LogP contribution in [0.15, 0.2) is 47.6 Å². The van der Waals surface area contributed by atoms with E-state index in [0.717, 1.165) is 5.56 Å². The predicted molar refractivity (Wildman–Crippen MR) is 109 cm³/mol. The number of phenolic OH excluding ortho intramolecular Hbond substituents is 1. The van der Waals surface area contributed by atoms with E-state index in [0.29, 0.717) is 21.9 Å². The third-order valence-electron chi connectivity index (χ3n) is 4.22. The van der Waals surface area contributed by atoms with E-state index in [-0.39, 0.29) is 11.2 Å². The predicted octanol–water partition coefficient (Wildman–Crippen LogP) is 4.50. The molecule has 7 heteroatoms. The number of aromatic hydroxyl groups is 1. The van der Waals surface area contributed by atoms with Crippen molar-refractivity contribution in [3.8, 4) is 22.9 Å². The van der Waals surface area contributed by atoms with Crippen LogP contribution >= 0.6 is 12.2 Å². The van der Waals surface area contributed by atoms with E-state index in [1.807, 2.05) is 12.1 Å². The lowest BCUT2D eigenvalue weighted by atomic mass is 9.87. The van der Waals surface area contributed by atoms with Crippen molar-refractivity contribution in [2.24, 2.45) is 5.10 Å². The van der Waals surface area contributed by atoms with Crippen molar-refractivity contribution < 1.29 is 9.84 Å². The fourth-order valence-corrected chi connectivity index (χ4v) is 2.81. The van der Waals surface area contributed by atoms with Gasteiger partial charge in [0.1, 0.15) is 0 Å². The molecule has 0 aliphatic rings. The lowest BCUT2D eigenvalue weighted by Crippen LogP contribution is -2.10. The van der Waals surface area contributed by atoms with E-state index in [2.05, 4.69) is 48.2 Å². The zero-order chi connectivity index (χ0) is 19.6. The molecule has 3 aromatic rings. The lowest BCUT2D eigenvalue weighted by Gasteiger charge is -2.18. The van der Waals surface area contributed by atoms with Gasteiger partial charge in [0.2, 0.25) is 4.77 Å². The standard InChI is InChI=1S/C20H22N4O2S/c1-20(2,3)15-10-8-13(9-11-15)18-22-23-19(27)24(18)21-12-14-6-5-7-16(26-4)17(14)25/h5-12,25H,1-4H3,(H,23,27). The smallest absolute Gasteiger partial charge is 0.216 e. The first-order valence-corrected chi connectivity index (χ1v) is 8.91. The van der Waals surface area contributed by atoms with Crippen molar-refractivity contribution in [2.75, 3.05) is 7.11 Å². The summed E-state index contributed by atoms with van der Waals surface area (Å²) in [6, 6.07) is 13.4. The number of H-pyrrole nitrogens is 1. The number of para-hydroxylation sites is 1. The highest BCUT2D eigenvalue weighted by molar-refractivity contribution is 7.71. The molecule has 1 heterocycles. The summed E-state index contributed by atoms with van der Waals surface area (Å²) in [4.78, 5) is 0. The minimum atomic E-state index is 0.0230. The van der Waals surface area contributed by atoms with Gasteiger partial charge in [-0.15, -0.1) is 0 Å². The molecule has 0 spiro atoms. The van der Waals surface area contributed by atoms with Gasteiger partial charge in [-0.05, 0) is 35.3 Å². The minimum absolute atomic E-state index is 0.0230. The number of benzene rings is 2. The van der Waals surface area contributed by atoms with Gasteiger partial charge < -0.3 is 9.84 Å². The molecule has 0 fully saturated rings. The summed E-state index contributed by atoms with van der Waals surface area (Å²) in [5.74, 6) is 1.00. The maximum Gasteiger partial charge on any atom is 0.216 e. The lowest BCUT2D eigenvalue weighted by molar-refractivity contribution is 0.373. The van der Waals surface area contributed by atoms with Gasteiger partial charge in [-0.2, -0.15) is 14.9 Å². The Hall–Kier alpha value is -2.93. The fourth-order valence-electron chi connectivity index (χ4n) is 2.63. The minimum Gasteiger partial charge on any atom is -0.504 e. The Balaban J connectivity index is 1.97. The first-order chi connectivity index (χ1) is 12.8. The van der Waals surface area contributed by atoms with Crippen LogP contribution in [0.2, 0.25) is 0 Å². The maximum atomic E-state index is 10.2. The van der Waals surface area contributed by atoms with E-state index in [1.54, 1.807) is 18.2 Å². The van der Waals surface area contributed by atoms with Gasteiger partial charge in [-0.1, -0.05) is 51.1 Å². The Labute approximate surface area is 163 Å². The van der Waals surface area contributed by atoms with Crippen molar-refractivity contribution in [3.05, 3.63) is 58.4 Å². The molecule has 140 valence electrons. The molecule has 0 saturated carbocycles. The number of nitrogens with one attached hydrogen (secondary N) is 1. The van der Waals surface area contributed by atoms with Crippen molar-refractivity contribution in [3.63, 3.8) is 0 Å². The average molecular weight is 382 g/mol. The number of ether oxygens (including phenoxy) is 1. The number of aromatic nitrogens is 3. The number of hydrogen-bond acceptors (Lipinski definition) is 5. The van der Waals surface area contributed by atoms with Crippen molar-refractivity contribution in [2.45, 2.75) is 26.2 Å². The summed E-state index contributed by atoms with van der Waals surface area (Å²) in [6.07, 6.45) is 1.52. The second-order valence-electron chi connectivity index (χ2n) is 7.13. The third-order valence-corrected chi connectivity index (χ3v) is 4.49. The molecule has 3 rings (SSSR count). The Bertz CT molecular complexity index is 1030. The Morgan fingerprint density at radius 1 is 1.19 bits per heavy atom. The van der Waals surface area contributed by atoms with Crippen LogP contribution in [0.25, 0.3) is 11.4 Å². The second-order valence-corrected chi connectivity index (χ2v) is 7.52. The van der Waals surface area contributed by atoms with Crippen LogP contribution in [0.4, 0.5) is 0 Å². The molecule has 0 unspecified atom stereocenters. The van der Waals surface area contributed by atoms with Gasteiger partial charge in [-0.3, -0.25) is 0 Å². The molecule has 0 saturated heterocycles. The third kappa shape index (κ3) is 3.93. The highest BCUT2D eigenvalue weighted by Gasteiger charge is 2.15. The Morgan fingerprint density at radius 2 is 1.89 bits per heavy atom. The van der Waals surface area contributed by atoms with Crippen LogP contribution in [0, 0.1) is 4.77 Å². The van der Waals surface area contributed by atoms with Crippen molar-refractivity contribution in [1.82, 2.24) is 14.9 Å². The summed E-state index contributed by atoms with van der Waals surface area (Å²) in [5, 5.41) is 21.7. The fraction of sp³-hybridized carbons (Fsp3) is 0.250.